The molecule has 0 saturated carbocycles. The molecule has 0 bridgehead atoms. The van der Waals surface area contributed by atoms with Gasteiger partial charge in [-0.3, -0.25) is 14.5 Å². The molecule has 0 aliphatic carbocycles. The van der Waals surface area contributed by atoms with Gasteiger partial charge in [0.05, 0.1) is 11.6 Å². The van der Waals surface area contributed by atoms with E-state index >= 15 is 0 Å². The zero-order valence-corrected chi connectivity index (χ0v) is 25.3. The fourth-order valence-corrected chi connectivity index (χ4v) is 7.01. The van der Waals surface area contributed by atoms with Crippen LogP contribution in [0.1, 0.15) is 40.8 Å². The van der Waals surface area contributed by atoms with E-state index in [1.54, 1.807) is 42.5 Å². The van der Waals surface area contributed by atoms with Crippen LogP contribution in [-0.4, -0.2) is 39.7 Å². The number of aliphatic hydroxyl groups excluding tert-OH is 1. The van der Waals surface area contributed by atoms with Crippen LogP contribution in [0, 0.1) is 6.92 Å². The van der Waals surface area contributed by atoms with Crippen molar-refractivity contribution in [3.8, 4) is 11.5 Å². The number of aromatic nitrogens is 2. The van der Waals surface area contributed by atoms with Crippen LogP contribution in [0.4, 0.5) is 5.13 Å². The number of rotatable bonds is 9. The third kappa shape index (κ3) is 5.80. The number of aliphatic hydroxyl groups is 1. The summed E-state index contributed by atoms with van der Waals surface area (Å²) in [6, 6.07) is 19.7. The second-order valence-electron chi connectivity index (χ2n) is 10.4. The number of hydrogen-bond acceptors (Lipinski definition) is 9. The van der Waals surface area contributed by atoms with Gasteiger partial charge in [-0.25, -0.2) is 0 Å². The number of nitrogens with zero attached hydrogens (tertiary/aromatic N) is 3. The predicted octanol–water partition coefficient (Wildman–Crippen LogP) is 6.65. The van der Waals surface area contributed by atoms with E-state index in [2.05, 4.69) is 41.0 Å². The standard InChI is InChI=1S/C33H29N3O5S2/c1-4-14-40-25-7-5-6-22(17-25)28-27(29(37)23-12-13-26-24(16-23)15-20(3)41-26)30(38)31(39)36(28)32-34-35-33(43-32)42-18-21-10-8-19(2)9-11-21/h4-13,16-17,20,28,37H,1,14-15,18H2,2-3H3/t20-,28-/m1/s1. The molecule has 0 spiro atoms. The topological polar surface area (TPSA) is 102 Å². The molecule has 10 heteroatoms. The quantitative estimate of drug-likeness (QED) is 0.0561. The molecule has 3 aromatic carbocycles. The first-order chi connectivity index (χ1) is 20.8. The summed E-state index contributed by atoms with van der Waals surface area (Å²) >= 11 is 2.73. The maximum absolute atomic E-state index is 13.6. The van der Waals surface area contributed by atoms with Crippen molar-refractivity contribution in [2.24, 2.45) is 0 Å². The van der Waals surface area contributed by atoms with Crippen LogP contribution < -0.4 is 14.4 Å². The lowest BCUT2D eigenvalue weighted by Crippen LogP contribution is -2.29. The zero-order valence-electron chi connectivity index (χ0n) is 23.6. The maximum Gasteiger partial charge on any atom is 0.301 e. The fraction of sp³-hybridized carbons (Fsp3) is 0.212. The molecule has 0 unspecified atom stereocenters. The van der Waals surface area contributed by atoms with Crippen LogP contribution >= 0.6 is 23.1 Å². The molecule has 8 nitrogen and oxygen atoms in total. The molecule has 1 fully saturated rings. The Morgan fingerprint density at radius 1 is 1.16 bits per heavy atom. The van der Waals surface area contributed by atoms with Crippen molar-refractivity contribution >= 4 is 45.7 Å². The van der Waals surface area contributed by atoms with E-state index in [4.69, 9.17) is 9.47 Å². The highest BCUT2D eigenvalue weighted by Crippen LogP contribution is 2.45. The molecule has 1 N–H and O–H groups in total. The lowest BCUT2D eigenvalue weighted by Gasteiger charge is -2.23. The Kier molecular flexibility index (Phi) is 8.05. The van der Waals surface area contributed by atoms with E-state index in [9.17, 15) is 14.7 Å². The predicted molar refractivity (Wildman–Crippen MR) is 168 cm³/mol. The highest BCUT2D eigenvalue weighted by atomic mass is 32.2. The monoisotopic (exact) mass is 611 g/mol. The number of ketones is 1. The number of Topliss-reactive ketones (excluding diaryl/α,β-unsaturated/α-hetero) is 1. The van der Waals surface area contributed by atoms with Gasteiger partial charge in [-0.1, -0.05) is 77.7 Å². The van der Waals surface area contributed by atoms with E-state index in [1.165, 1.54) is 33.6 Å². The molecule has 43 heavy (non-hydrogen) atoms. The molecule has 6 rings (SSSR count). The van der Waals surface area contributed by atoms with Crippen LogP contribution in [0.3, 0.4) is 0 Å². The number of ether oxygens (including phenoxy) is 2. The van der Waals surface area contributed by atoms with Crippen molar-refractivity contribution in [3.05, 3.63) is 113 Å². The third-order valence-electron chi connectivity index (χ3n) is 7.24. The fourth-order valence-electron chi connectivity index (χ4n) is 5.19. The summed E-state index contributed by atoms with van der Waals surface area (Å²) in [4.78, 5) is 28.6. The Balaban J connectivity index is 1.39. The first-order valence-corrected chi connectivity index (χ1v) is 15.6. The summed E-state index contributed by atoms with van der Waals surface area (Å²) in [5.41, 5.74) is 4.25. The Bertz CT molecular complexity index is 1750. The van der Waals surface area contributed by atoms with E-state index < -0.39 is 17.7 Å². The van der Waals surface area contributed by atoms with Gasteiger partial charge >= 0.3 is 5.91 Å². The lowest BCUT2D eigenvalue weighted by atomic mass is 9.94. The SMILES string of the molecule is C=CCOc1cccc([C@@H]2C(=C(O)c3ccc4c(c3)C[C@@H](C)O4)C(=O)C(=O)N2c2nnc(SCc3ccc(C)cc3)s2)c1. The van der Waals surface area contributed by atoms with Crippen LogP contribution in [0.25, 0.3) is 5.76 Å². The van der Waals surface area contributed by atoms with E-state index in [0.29, 0.717) is 33.4 Å². The molecule has 3 heterocycles. The normalized spacial score (nSPS) is 18.9. The second-order valence-corrected chi connectivity index (χ2v) is 12.6. The van der Waals surface area contributed by atoms with Gasteiger partial charge in [0.2, 0.25) is 5.13 Å². The van der Waals surface area contributed by atoms with Crippen LogP contribution in [0.2, 0.25) is 0 Å². The number of benzene rings is 3. The minimum absolute atomic E-state index is 0.0201. The van der Waals surface area contributed by atoms with Gasteiger partial charge in [0, 0.05) is 17.7 Å². The zero-order chi connectivity index (χ0) is 30.1. The molecule has 1 aromatic heterocycles. The molecule has 0 radical (unpaired) electrons. The summed E-state index contributed by atoms with van der Waals surface area (Å²) in [5, 5.41) is 20.5. The first-order valence-electron chi connectivity index (χ1n) is 13.8. The van der Waals surface area contributed by atoms with Crippen molar-refractivity contribution in [3.63, 3.8) is 0 Å². The molecular formula is C33H29N3O5S2. The number of aryl methyl sites for hydroxylation is 1. The average molecular weight is 612 g/mol. The minimum atomic E-state index is -0.946. The lowest BCUT2D eigenvalue weighted by molar-refractivity contribution is -0.132. The molecule has 218 valence electrons. The number of anilines is 1. The number of carbonyl (C=O) groups is 2. The number of thioether (sulfide) groups is 1. The maximum atomic E-state index is 13.6. The number of amides is 1. The Hall–Kier alpha value is -4.41. The summed E-state index contributed by atoms with van der Waals surface area (Å²) in [6.45, 7) is 8.00. The Morgan fingerprint density at radius 2 is 1.98 bits per heavy atom. The smallest absolute Gasteiger partial charge is 0.301 e. The summed E-state index contributed by atoms with van der Waals surface area (Å²) in [6.07, 6.45) is 2.34. The second kappa shape index (κ2) is 12.1. The molecule has 2 aliphatic rings. The molecule has 2 atom stereocenters. The highest BCUT2D eigenvalue weighted by molar-refractivity contribution is 8.00. The van der Waals surface area contributed by atoms with Gasteiger partial charge in [-0.05, 0) is 60.9 Å². The minimum Gasteiger partial charge on any atom is -0.507 e. The Labute approximate surface area is 257 Å². The third-order valence-corrected chi connectivity index (χ3v) is 9.37. The highest BCUT2D eigenvalue weighted by Gasteiger charge is 2.48. The van der Waals surface area contributed by atoms with Crippen LogP contribution in [0.5, 0.6) is 11.5 Å². The van der Waals surface area contributed by atoms with Gasteiger partial charge < -0.3 is 14.6 Å². The summed E-state index contributed by atoms with van der Waals surface area (Å²) in [7, 11) is 0. The number of carbonyl (C=O) groups excluding carboxylic acids is 2. The van der Waals surface area contributed by atoms with Crippen LogP contribution in [-0.2, 0) is 21.8 Å². The van der Waals surface area contributed by atoms with Crippen molar-refractivity contribution in [1.29, 1.82) is 0 Å². The average Bonchev–Trinajstić information content (AvgIpc) is 3.70. The van der Waals surface area contributed by atoms with Crippen molar-refractivity contribution < 1.29 is 24.2 Å². The number of fused-ring (bicyclic) bond motifs is 1. The van der Waals surface area contributed by atoms with Gasteiger partial charge in [0.25, 0.3) is 5.78 Å². The Morgan fingerprint density at radius 3 is 2.77 bits per heavy atom. The first kappa shape index (κ1) is 28.7. The van der Waals surface area contributed by atoms with Gasteiger partial charge in [-0.2, -0.15) is 0 Å². The van der Waals surface area contributed by atoms with Gasteiger partial charge in [0.15, 0.2) is 4.34 Å². The van der Waals surface area contributed by atoms with E-state index in [0.717, 1.165) is 16.9 Å². The number of hydrogen-bond donors (Lipinski definition) is 1. The van der Waals surface area contributed by atoms with Crippen molar-refractivity contribution in [2.75, 3.05) is 11.5 Å². The largest absolute Gasteiger partial charge is 0.507 e. The van der Waals surface area contributed by atoms with Crippen molar-refractivity contribution in [2.45, 2.75) is 42.5 Å². The van der Waals surface area contributed by atoms with Gasteiger partial charge in [-0.15, -0.1) is 10.2 Å². The molecule has 1 saturated heterocycles. The summed E-state index contributed by atoms with van der Waals surface area (Å²) < 4.78 is 12.2. The summed E-state index contributed by atoms with van der Waals surface area (Å²) in [5.74, 6) is 0.128. The van der Waals surface area contributed by atoms with Gasteiger partial charge in [0.1, 0.15) is 30.0 Å². The molecule has 2 aliphatic heterocycles. The van der Waals surface area contributed by atoms with E-state index in [-0.39, 0.29) is 29.2 Å². The molecule has 1 amide bonds. The molecular weight excluding hydrogens is 583 g/mol. The van der Waals surface area contributed by atoms with Crippen molar-refractivity contribution in [1.82, 2.24) is 10.2 Å². The van der Waals surface area contributed by atoms with E-state index in [1.807, 2.05) is 19.9 Å². The molecule has 4 aromatic rings. The van der Waals surface area contributed by atoms with Crippen LogP contribution in [0.15, 0.2) is 89.3 Å².